The van der Waals surface area contributed by atoms with Gasteiger partial charge in [0.2, 0.25) is 0 Å². The van der Waals surface area contributed by atoms with Crippen molar-refractivity contribution in [2.75, 3.05) is 9.80 Å². The zero-order valence-corrected chi connectivity index (χ0v) is 23.6. The molecule has 0 saturated carbocycles. The maximum Gasteiger partial charge on any atom is 0.123 e. The van der Waals surface area contributed by atoms with Crippen LogP contribution in [0.3, 0.4) is 0 Å². The van der Waals surface area contributed by atoms with Gasteiger partial charge in [-0.05, 0) is 95.1 Å². The summed E-state index contributed by atoms with van der Waals surface area (Å²) in [7, 11) is 0. The van der Waals surface area contributed by atoms with Gasteiger partial charge in [-0.2, -0.15) is 5.26 Å². The highest BCUT2D eigenvalue weighted by Gasteiger charge is 2.45. The van der Waals surface area contributed by atoms with Crippen LogP contribution >= 0.6 is 0 Å². The zero-order chi connectivity index (χ0) is 28.5. The smallest absolute Gasteiger partial charge is 0.123 e. The van der Waals surface area contributed by atoms with E-state index in [1.54, 1.807) is 12.1 Å². The van der Waals surface area contributed by atoms with Gasteiger partial charge >= 0.3 is 0 Å². The third-order valence-corrected chi connectivity index (χ3v) is 8.92. The lowest BCUT2D eigenvalue weighted by Crippen LogP contribution is -2.38. The van der Waals surface area contributed by atoms with Crippen LogP contribution in [0.5, 0.6) is 0 Å². The summed E-state index contributed by atoms with van der Waals surface area (Å²) in [5, 5.41) is 9.37. The van der Waals surface area contributed by atoms with Crippen LogP contribution in [0.15, 0.2) is 109 Å². The summed E-state index contributed by atoms with van der Waals surface area (Å²) in [6, 6.07) is 38.4. The molecular formula is C37H30FN3. The van der Waals surface area contributed by atoms with E-state index in [1.807, 2.05) is 24.3 Å². The Kier molecular flexibility index (Phi) is 5.40. The van der Waals surface area contributed by atoms with E-state index in [0.717, 1.165) is 17.1 Å². The normalized spacial score (nSPS) is 15.3. The average Bonchev–Trinajstić information content (AvgIpc) is 2.98. The topological polar surface area (TPSA) is 30.3 Å². The van der Waals surface area contributed by atoms with E-state index in [4.69, 9.17) is 0 Å². The Hall–Kier alpha value is -4.88. The number of nitriles is 1. The molecule has 0 saturated heterocycles. The molecule has 0 atom stereocenters. The van der Waals surface area contributed by atoms with Gasteiger partial charge in [0.15, 0.2) is 0 Å². The van der Waals surface area contributed by atoms with Gasteiger partial charge in [-0.1, -0.05) is 64.1 Å². The van der Waals surface area contributed by atoms with Crippen LogP contribution in [0.2, 0.25) is 0 Å². The average molecular weight is 536 g/mol. The molecule has 0 bridgehead atoms. The standard InChI is InChI=1S/C37H30FN3/c1-36(2)29-8-5-6-11-33(29)41-34-21-20-28(22-32(34)37(3,4)31-10-7-9-30(36)35(31)41)40(27-18-14-25(38)15-19-27)26-16-12-24(23-39)13-17-26/h5-22H,1-4H3. The number of benzene rings is 5. The Labute approximate surface area is 240 Å². The quantitative estimate of drug-likeness (QED) is 0.230. The van der Waals surface area contributed by atoms with Crippen molar-refractivity contribution in [2.45, 2.75) is 38.5 Å². The van der Waals surface area contributed by atoms with Crippen LogP contribution in [0.1, 0.15) is 55.5 Å². The second-order valence-electron chi connectivity index (χ2n) is 12.0. The molecule has 0 unspecified atom stereocenters. The van der Waals surface area contributed by atoms with Crippen molar-refractivity contribution in [3.05, 3.63) is 143 Å². The van der Waals surface area contributed by atoms with Crippen molar-refractivity contribution in [1.82, 2.24) is 0 Å². The number of para-hydroxylation sites is 2. The summed E-state index contributed by atoms with van der Waals surface area (Å²) < 4.78 is 14.0. The fourth-order valence-corrected chi connectivity index (χ4v) is 6.73. The Morgan fingerprint density at radius 2 is 1.15 bits per heavy atom. The number of hydrogen-bond donors (Lipinski definition) is 0. The van der Waals surface area contributed by atoms with E-state index in [0.29, 0.717) is 5.56 Å². The first-order valence-corrected chi connectivity index (χ1v) is 14.0. The third-order valence-electron chi connectivity index (χ3n) is 8.92. The van der Waals surface area contributed by atoms with Gasteiger partial charge in [0.1, 0.15) is 5.82 Å². The lowest BCUT2D eigenvalue weighted by molar-refractivity contribution is 0.597. The molecule has 0 amide bonds. The van der Waals surface area contributed by atoms with E-state index >= 15 is 0 Å². The molecule has 0 aliphatic carbocycles. The van der Waals surface area contributed by atoms with Crippen molar-refractivity contribution < 1.29 is 4.39 Å². The van der Waals surface area contributed by atoms with Gasteiger partial charge in [0.05, 0.1) is 28.7 Å². The van der Waals surface area contributed by atoms with Gasteiger partial charge in [-0.3, -0.25) is 0 Å². The van der Waals surface area contributed by atoms with E-state index in [-0.39, 0.29) is 16.6 Å². The lowest BCUT2D eigenvalue weighted by Gasteiger charge is -2.49. The van der Waals surface area contributed by atoms with Crippen LogP contribution in [-0.4, -0.2) is 0 Å². The molecule has 5 aromatic rings. The van der Waals surface area contributed by atoms with E-state index in [1.165, 1.54) is 51.4 Å². The molecule has 3 nitrogen and oxygen atoms in total. The SMILES string of the molecule is CC1(C)c2ccccc2N2c3ccc(N(c4ccc(F)cc4)c4ccc(C#N)cc4)cc3C(C)(C)c3cccc1c32. The molecule has 2 aliphatic heterocycles. The molecule has 5 aromatic carbocycles. The second kappa shape index (κ2) is 8.81. The molecule has 0 N–H and O–H groups in total. The minimum Gasteiger partial charge on any atom is -0.310 e. The number of halogens is 1. The summed E-state index contributed by atoms with van der Waals surface area (Å²) in [6.07, 6.45) is 0. The number of anilines is 6. The van der Waals surface area contributed by atoms with Gasteiger partial charge < -0.3 is 9.80 Å². The van der Waals surface area contributed by atoms with Crippen LogP contribution < -0.4 is 9.80 Å². The maximum absolute atomic E-state index is 14.0. The van der Waals surface area contributed by atoms with E-state index in [9.17, 15) is 9.65 Å². The molecule has 41 heavy (non-hydrogen) atoms. The van der Waals surface area contributed by atoms with Crippen LogP contribution in [0.25, 0.3) is 0 Å². The van der Waals surface area contributed by atoms with Gasteiger partial charge in [0.25, 0.3) is 0 Å². The lowest BCUT2D eigenvalue weighted by atomic mass is 9.66. The van der Waals surface area contributed by atoms with Crippen LogP contribution in [0.4, 0.5) is 38.5 Å². The fraction of sp³-hybridized carbons (Fsp3) is 0.162. The van der Waals surface area contributed by atoms with Gasteiger partial charge in [-0.25, -0.2) is 4.39 Å². The monoisotopic (exact) mass is 535 g/mol. The zero-order valence-electron chi connectivity index (χ0n) is 23.6. The maximum atomic E-state index is 14.0. The summed E-state index contributed by atoms with van der Waals surface area (Å²) in [5.41, 5.74) is 11.7. The van der Waals surface area contributed by atoms with Crippen LogP contribution in [-0.2, 0) is 10.8 Å². The molecule has 4 heteroatoms. The Morgan fingerprint density at radius 1 is 0.610 bits per heavy atom. The summed E-state index contributed by atoms with van der Waals surface area (Å²) in [5.74, 6) is -0.279. The fourth-order valence-electron chi connectivity index (χ4n) is 6.73. The van der Waals surface area contributed by atoms with Crippen molar-refractivity contribution >= 4 is 34.1 Å². The highest BCUT2D eigenvalue weighted by molar-refractivity contribution is 5.93. The first-order valence-electron chi connectivity index (χ1n) is 14.0. The number of rotatable bonds is 3. The van der Waals surface area contributed by atoms with Gasteiger partial charge in [0, 0.05) is 27.9 Å². The van der Waals surface area contributed by atoms with Crippen LogP contribution in [0, 0.1) is 17.1 Å². The highest BCUT2D eigenvalue weighted by Crippen LogP contribution is 2.60. The third kappa shape index (κ3) is 3.62. The summed E-state index contributed by atoms with van der Waals surface area (Å²) in [6.45, 7) is 9.26. The Bertz CT molecular complexity index is 1860. The number of nitrogens with zero attached hydrogens (tertiary/aromatic N) is 3. The second-order valence-corrected chi connectivity index (χ2v) is 12.0. The molecule has 7 rings (SSSR count). The highest BCUT2D eigenvalue weighted by atomic mass is 19.1. The molecule has 0 aromatic heterocycles. The first-order chi connectivity index (χ1) is 19.7. The summed E-state index contributed by atoms with van der Waals surface area (Å²) in [4.78, 5) is 4.57. The predicted octanol–water partition coefficient (Wildman–Crippen LogP) is 9.92. The van der Waals surface area contributed by atoms with E-state index < -0.39 is 0 Å². The molecule has 200 valence electrons. The van der Waals surface area contributed by atoms with Crippen molar-refractivity contribution in [1.29, 1.82) is 5.26 Å². The minimum atomic E-state index is -0.279. The minimum absolute atomic E-state index is 0.124. The van der Waals surface area contributed by atoms with E-state index in [2.05, 4.69) is 104 Å². The van der Waals surface area contributed by atoms with Crippen molar-refractivity contribution in [3.63, 3.8) is 0 Å². The number of hydrogen-bond acceptors (Lipinski definition) is 3. The number of fused-ring (bicyclic) bond motifs is 4. The van der Waals surface area contributed by atoms with Crippen molar-refractivity contribution in [2.24, 2.45) is 0 Å². The first kappa shape index (κ1) is 25.1. The molecule has 0 radical (unpaired) electrons. The molecule has 0 fully saturated rings. The Balaban J connectivity index is 1.47. The molecule has 0 spiro atoms. The molecule has 2 aliphatic rings. The summed E-state index contributed by atoms with van der Waals surface area (Å²) >= 11 is 0. The van der Waals surface area contributed by atoms with Gasteiger partial charge in [-0.15, -0.1) is 0 Å². The molecular weight excluding hydrogens is 505 g/mol. The largest absolute Gasteiger partial charge is 0.310 e. The predicted molar refractivity (Wildman–Crippen MR) is 165 cm³/mol. The Morgan fingerprint density at radius 3 is 1.80 bits per heavy atom. The van der Waals surface area contributed by atoms with Crippen molar-refractivity contribution in [3.8, 4) is 6.07 Å². The molecule has 2 heterocycles.